The zero-order valence-electron chi connectivity index (χ0n) is 6.51. The zero-order chi connectivity index (χ0) is 8.55. The predicted molar refractivity (Wildman–Crippen MR) is 41.6 cm³/mol. The highest BCUT2D eigenvalue weighted by molar-refractivity contribution is 6.04. The Bertz CT molecular complexity index is 341. The van der Waals surface area contributed by atoms with Crippen LogP contribution in [0.25, 0.3) is 0 Å². The van der Waals surface area contributed by atoms with Gasteiger partial charge < -0.3 is 4.57 Å². The molecule has 1 amide bonds. The number of amides is 1. The van der Waals surface area contributed by atoms with Crippen molar-refractivity contribution < 1.29 is 4.79 Å². The van der Waals surface area contributed by atoms with Crippen molar-refractivity contribution in [1.82, 2.24) is 14.8 Å². The van der Waals surface area contributed by atoms with E-state index in [1.54, 1.807) is 17.8 Å². The van der Waals surface area contributed by atoms with E-state index in [2.05, 4.69) is 15.3 Å². The monoisotopic (exact) mass is 165 g/mol. The smallest absolute Gasteiger partial charge is 0.255 e. The molecule has 0 fully saturated rings. The Morgan fingerprint density at radius 3 is 2.92 bits per heavy atom. The number of carbonyl (C=O) groups excluding carboxylic acids is 1. The van der Waals surface area contributed by atoms with Crippen LogP contribution in [0, 0.1) is 0 Å². The van der Waals surface area contributed by atoms with Gasteiger partial charge in [-0.3, -0.25) is 4.79 Å². The normalized spacial score (nSPS) is 16.1. The molecular weight excluding hydrogens is 158 g/mol. The average Bonchev–Trinajstić information content (AvgIpc) is 2.59. The number of hydrazone groups is 1. The molecule has 0 atom stereocenters. The zero-order valence-corrected chi connectivity index (χ0v) is 6.51. The van der Waals surface area contributed by atoms with E-state index in [1.165, 1.54) is 11.3 Å². The molecule has 0 radical (unpaired) electrons. The van der Waals surface area contributed by atoms with Gasteiger partial charge in [0, 0.05) is 13.3 Å². The van der Waals surface area contributed by atoms with Crippen molar-refractivity contribution in [2.75, 3.05) is 5.01 Å². The molecule has 12 heavy (non-hydrogen) atoms. The van der Waals surface area contributed by atoms with E-state index in [4.69, 9.17) is 0 Å². The highest BCUT2D eigenvalue weighted by Gasteiger charge is 2.22. The molecular formula is C6H7N5O. The van der Waals surface area contributed by atoms with Crippen LogP contribution in [0.5, 0.6) is 0 Å². The minimum atomic E-state index is -0.0777. The summed E-state index contributed by atoms with van der Waals surface area (Å²) >= 11 is 0. The van der Waals surface area contributed by atoms with Crippen molar-refractivity contribution in [1.29, 1.82) is 0 Å². The van der Waals surface area contributed by atoms with E-state index in [1.807, 2.05) is 0 Å². The maximum absolute atomic E-state index is 11.1. The van der Waals surface area contributed by atoms with Gasteiger partial charge >= 0.3 is 0 Å². The van der Waals surface area contributed by atoms with Gasteiger partial charge in [0.25, 0.3) is 11.9 Å². The number of carbonyl (C=O) groups is 1. The summed E-state index contributed by atoms with van der Waals surface area (Å²) in [5.74, 6) is 0.375. The molecule has 2 rings (SSSR count). The lowest BCUT2D eigenvalue weighted by Gasteiger charge is -2.08. The summed E-state index contributed by atoms with van der Waals surface area (Å²) in [6.45, 7) is 0. The number of hydrogen-bond donors (Lipinski definition) is 0. The van der Waals surface area contributed by atoms with Crippen LogP contribution in [0.1, 0.15) is 6.42 Å². The van der Waals surface area contributed by atoms with Crippen molar-refractivity contribution in [3.8, 4) is 0 Å². The molecule has 0 bridgehead atoms. The van der Waals surface area contributed by atoms with Gasteiger partial charge in [-0.1, -0.05) is 0 Å². The SMILES string of the molecule is Cn1cnnc1N1N=CCC1=O. The van der Waals surface area contributed by atoms with Gasteiger partial charge in [0.05, 0.1) is 6.42 Å². The van der Waals surface area contributed by atoms with Crippen LogP contribution in [0.3, 0.4) is 0 Å². The third kappa shape index (κ3) is 0.884. The van der Waals surface area contributed by atoms with Crippen molar-refractivity contribution >= 4 is 18.1 Å². The van der Waals surface area contributed by atoms with Gasteiger partial charge in [0.2, 0.25) is 0 Å². The van der Waals surface area contributed by atoms with E-state index < -0.39 is 0 Å². The highest BCUT2D eigenvalue weighted by atomic mass is 16.2. The van der Waals surface area contributed by atoms with Gasteiger partial charge in [0.15, 0.2) is 0 Å². The van der Waals surface area contributed by atoms with Gasteiger partial charge in [-0.2, -0.15) is 10.1 Å². The van der Waals surface area contributed by atoms with Crippen LogP contribution in [0.4, 0.5) is 5.95 Å². The van der Waals surface area contributed by atoms with E-state index in [-0.39, 0.29) is 5.91 Å². The molecule has 6 nitrogen and oxygen atoms in total. The fourth-order valence-corrected chi connectivity index (χ4v) is 0.983. The maximum atomic E-state index is 11.1. The number of nitrogens with zero attached hydrogens (tertiary/aromatic N) is 5. The summed E-state index contributed by atoms with van der Waals surface area (Å²) in [6.07, 6.45) is 3.42. The van der Waals surface area contributed by atoms with Crippen LogP contribution in [-0.4, -0.2) is 26.9 Å². The lowest BCUT2D eigenvalue weighted by molar-refractivity contribution is -0.117. The van der Waals surface area contributed by atoms with Crippen molar-refractivity contribution in [2.24, 2.45) is 12.1 Å². The molecule has 0 N–H and O–H groups in total. The molecule has 0 unspecified atom stereocenters. The van der Waals surface area contributed by atoms with E-state index in [9.17, 15) is 4.79 Å². The Morgan fingerprint density at radius 2 is 2.42 bits per heavy atom. The average molecular weight is 165 g/mol. The fraction of sp³-hybridized carbons (Fsp3) is 0.333. The minimum Gasteiger partial charge on any atom is -0.301 e. The Kier molecular flexibility index (Phi) is 1.39. The van der Waals surface area contributed by atoms with Crippen LogP contribution in [0.2, 0.25) is 0 Å². The third-order valence-electron chi connectivity index (χ3n) is 1.58. The molecule has 1 aromatic rings. The molecule has 1 aromatic heterocycles. The first-order valence-electron chi connectivity index (χ1n) is 3.48. The largest absolute Gasteiger partial charge is 0.301 e. The number of aryl methyl sites for hydroxylation is 1. The van der Waals surface area contributed by atoms with Gasteiger partial charge in [0.1, 0.15) is 6.33 Å². The van der Waals surface area contributed by atoms with Gasteiger partial charge in [-0.05, 0) is 0 Å². The Balaban J connectivity index is 2.36. The van der Waals surface area contributed by atoms with E-state index >= 15 is 0 Å². The number of hydrogen-bond acceptors (Lipinski definition) is 4. The number of aromatic nitrogens is 3. The van der Waals surface area contributed by atoms with Crippen LogP contribution < -0.4 is 5.01 Å². The molecule has 0 saturated carbocycles. The van der Waals surface area contributed by atoms with Crippen LogP contribution in [-0.2, 0) is 11.8 Å². The highest BCUT2D eigenvalue weighted by Crippen LogP contribution is 2.13. The topological polar surface area (TPSA) is 63.4 Å². The Labute approximate surface area is 68.5 Å². The molecule has 0 spiro atoms. The first kappa shape index (κ1) is 6.96. The standard InChI is InChI=1S/C6H7N5O/c1-10-4-7-9-6(10)11-5(12)2-3-8-11/h3-4H,2H2,1H3. The maximum Gasteiger partial charge on any atom is 0.255 e. The van der Waals surface area contributed by atoms with Crippen molar-refractivity contribution in [2.45, 2.75) is 6.42 Å². The molecule has 0 aromatic carbocycles. The Morgan fingerprint density at radius 1 is 1.58 bits per heavy atom. The molecule has 0 aliphatic carbocycles. The Hall–Kier alpha value is -1.72. The molecule has 1 aliphatic heterocycles. The van der Waals surface area contributed by atoms with E-state index in [0.29, 0.717) is 12.4 Å². The first-order chi connectivity index (χ1) is 5.79. The summed E-state index contributed by atoms with van der Waals surface area (Å²) in [4.78, 5) is 11.1. The third-order valence-corrected chi connectivity index (χ3v) is 1.58. The molecule has 62 valence electrons. The quantitative estimate of drug-likeness (QED) is 0.565. The van der Waals surface area contributed by atoms with Gasteiger partial charge in [-0.15, -0.1) is 10.2 Å². The van der Waals surface area contributed by atoms with E-state index in [0.717, 1.165) is 0 Å². The number of rotatable bonds is 1. The summed E-state index contributed by atoms with van der Waals surface area (Å²) in [6, 6.07) is 0. The van der Waals surface area contributed by atoms with Gasteiger partial charge in [-0.25, -0.2) is 0 Å². The molecule has 1 aliphatic rings. The predicted octanol–water partition coefficient (Wildman–Crippen LogP) is -0.462. The number of anilines is 1. The minimum absolute atomic E-state index is 0.0777. The summed E-state index contributed by atoms with van der Waals surface area (Å²) < 4.78 is 1.64. The lowest BCUT2D eigenvalue weighted by Crippen LogP contribution is -2.22. The second kappa shape index (κ2) is 2.40. The van der Waals surface area contributed by atoms with Crippen LogP contribution >= 0.6 is 0 Å². The summed E-state index contributed by atoms with van der Waals surface area (Å²) in [5.41, 5.74) is 0. The summed E-state index contributed by atoms with van der Waals surface area (Å²) in [7, 11) is 1.76. The first-order valence-corrected chi connectivity index (χ1v) is 3.48. The van der Waals surface area contributed by atoms with Crippen molar-refractivity contribution in [3.63, 3.8) is 0 Å². The second-order valence-electron chi connectivity index (χ2n) is 2.45. The fourth-order valence-electron chi connectivity index (χ4n) is 0.983. The second-order valence-corrected chi connectivity index (χ2v) is 2.45. The molecule has 6 heteroatoms. The van der Waals surface area contributed by atoms with Crippen molar-refractivity contribution in [3.05, 3.63) is 6.33 Å². The molecule has 0 saturated heterocycles. The molecule has 2 heterocycles. The summed E-state index contributed by atoms with van der Waals surface area (Å²) in [5, 5.41) is 12.5. The van der Waals surface area contributed by atoms with Crippen LogP contribution in [0.15, 0.2) is 11.4 Å². The lowest BCUT2D eigenvalue weighted by atomic mass is 10.5.